The average molecular weight is 393 g/mol. The van der Waals surface area contributed by atoms with Gasteiger partial charge in [-0.1, -0.05) is 23.7 Å². The molecule has 0 aliphatic rings. The molecule has 0 aliphatic carbocycles. The molecule has 0 fully saturated rings. The minimum absolute atomic E-state index is 0.172. The topological polar surface area (TPSA) is 39.4 Å². The fourth-order valence-corrected chi connectivity index (χ4v) is 3.94. The van der Waals surface area contributed by atoms with Crippen LogP contribution in [0.25, 0.3) is 22.0 Å². The first-order valence-electron chi connectivity index (χ1n) is 7.79. The Labute approximate surface area is 160 Å². The van der Waals surface area contributed by atoms with Gasteiger partial charge in [-0.05, 0) is 43.5 Å². The molecule has 2 heterocycles. The van der Waals surface area contributed by atoms with Crippen LogP contribution in [-0.2, 0) is 16.0 Å². The fourth-order valence-electron chi connectivity index (χ4n) is 2.47. The van der Waals surface area contributed by atoms with Crippen LogP contribution in [0.1, 0.15) is 12.5 Å². The molecule has 3 aromatic rings. The minimum atomic E-state index is -0.267. The van der Waals surface area contributed by atoms with E-state index in [1.807, 2.05) is 36.6 Å². The van der Waals surface area contributed by atoms with Gasteiger partial charge in [-0.2, -0.15) is 0 Å². The molecule has 0 bridgehead atoms. The Morgan fingerprint density at radius 1 is 1.24 bits per heavy atom. The van der Waals surface area contributed by atoms with E-state index in [9.17, 15) is 4.79 Å². The number of thioether (sulfide) groups is 1. The smallest absolute Gasteiger partial charge is 0.310 e. The van der Waals surface area contributed by atoms with Crippen molar-refractivity contribution < 1.29 is 13.9 Å². The lowest BCUT2D eigenvalue weighted by Crippen LogP contribution is -2.07. The highest BCUT2D eigenvalue weighted by Crippen LogP contribution is 2.38. The summed E-state index contributed by atoms with van der Waals surface area (Å²) in [6.45, 7) is 2.16. The Kier molecular flexibility index (Phi) is 5.89. The van der Waals surface area contributed by atoms with Crippen molar-refractivity contribution in [3.8, 4) is 22.0 Å². The van der Waals surface area contributed by atoms with E-state index in [2.05, 4.69) is 12.1 Å². The average Bonchev–Trinajstić information content (AvgIpc) is 3.21. The van der Waals surface area contributed by atoms with E-state index in [4.69, 9.17) is 20.8 Å². The second-order valence-electron chi connectivity index (χ2n) is 5.28. The van der Waals surface area contributed by atoms with Crippen LogP contribution in [0.5, 0.6) is 0 Å². The lowest BCUT2D eigenvalue weighted by molar-refractivity contribution is -0.142. The number of esters is 1. The maximum Gasteiger partial charge on any atom is 0.310 e. The Morgan fingerprint density at radius 3 is 2.60 bits per heavy atom. The highest BCUT2D eigenvalue weighted by atomic mass is 35.5. The molecule has 0 aliphatic heterocycles. The van der Waals surface area contributed by atoms with E-state index in [1.54, 1.807) is 18.7 Å². The zero-order chi connectivity index (χ0) is 17.8. The van der Waals surface area contributed by atoms with E-state index in [0.717, 1.165) is 21.8 Å². The van der Waals surface area contributed by atoms with Crippen molar-refractivity contribution in [1.82, 2.24) is 0 Å². The predicted molar refractivity (Wildman–Crippen MR) is 105 cm³/mol. The lowest BCUT2D eigenvalue weighted by atomic mass is 10.1. The van der Waals surface area contributed by atoms with Crippen LogP contribution < -0.4 is 0 Å². The molecule has 25 heavy (non-hydrogen) atoms. The van der Waals surface area contributed by atoms with E-state index in [-0.39, 0.29) is 12.4 Å². The molecule has 0 saturated heterocycles. The third-order valence-corrected chi connectivity index (χ3v) is 5.59. The molecule has 0 unspecified atom stereocenters. The maximum atomic E-state index is 11.9. The number of carbonyl (C=O) groups is 1. The van der Waals surface area contributed by atoms with Gasteiger partial charge in [0.15, 0.2) is 0 Å². The largest absolute Gasteiger partial charge is 0.466 e. The third-order valence-electron chi connectivity index (χ3n) is 3.62. The third kappa shape index (κ3) is 4.29. The van der Waals surface area contributed by atoms with Gasteiger partial charge in [0.1, 0.15) is 11.5 Å². The van der Waals surface area contributed by atoms with Gasteiger partial charge >= 0.3 is 5.97 Å². The monoisotopic (exact) mass is 392 g/mol. The van der Waals surface area contributed by atoms with Crippen LogP contribution >= 0.6 is 34.7 Å². The van der Waals surface area contributed by atoms with E-state index in [0.29, 0.717) is 16.7 Å². The number of hydrogen-bond acceptors (Lipinski definition) is 5. The number of furan rings is 1. The number of halogens is 1. The highest BCUT2D eigenvalue weighted by Gasteiger charge is 2.19. The first-order valence-corrected chi connectivity index (χ1v) is 10.2. The molecule has 0 spiro atoms. The van der Waals surface area contributed by atoms with E-state index >= 15 is 0 Å². The minimum Gasteiger partial charge on any atom is -0.466 e. The zero-order valence-corrected chi connectivity index (χ0v) is 16.3. The summed E-state index contributed by atoms with van der Waals surface area (Å²) >= 11 is 9.17. The van der Waals surface area contributed by atoms with Crippen LogP contribution in [-0.4, -0.2) is 18.8 Å². The summed E-state index contributed by atoms with van der Waals surface area (Å²) in [5.74, 6) is 1.14. The van der Waals surface area contributed by atoms with E-state index < -0.39 is 0 Å². The molecule has 3 rings (SSSR count). The van der Waals surface area contributed by atoms with Gasteiger partial charge < -0.3 is 9.15 Å². The van der Waals surface area contributed by atoms with Crippen LogP contribution in [0.15, 0.2) is 51.8 Å². The fraction of sp³-hybridized carbons (Fsp3) is 0.211. The SMILES string of the molecule is CCOC(=O)Cc1cc(-c2ccc(SC)cc2)oc1-c1ccc(Cl)s1. The number of benzene rings is 1. The number of hydrogen-bond donors (Lipinski definition) is 0. The van der Waals surface area contributed by atoms with Gasteiger partial charge in [0.25, 0.3) is 0 Å². The van der Waals surface area contributed by atoms with Crippen molar-refractivity contribution in [2.75, 3.05) is 12.9 Å². The Hall–Kier alpha value is -1.69. The van der Waals surface area contributed by atoms with Crippen molar-refractivity contribution in [3.05, 3.63) is 52.4 Å². The molecule has 1 aromatic carbocycles. The van der Waals surface area contributed by atoms with Gasteiger partial charge in [0.2, 0.25) is 0 Å². The van der Waals surface area contributed by atoms with Crippen molar-refractivity contribution in [1.29, 1.82) is 0 Å². The molecule has 3 nitrogen and oxygen atoms in total. The second kappa shape index (κ2) is 8.13. The number of thiophene rings is 1. The van der Waals surface area contributed by atoms with Gasteiger partial charge in [-0.15, -0.1) is 23.1 Å². The van der Waals surface area contributed by atoms with Gasteiger partial charge in [0, 0.05) is 16.0 Å². The van der Waals surface area contributed by atoms with Crippen molar-refractivity contribution in [2.45, 2.75) is 18.2 Å². The first-order chi connectivity index (χ1) is 12.1. The maximum absolute atomic E-state index is 11.9. The molecule has 6 heteroatoms. The number of carbonyl (C=O) groups excluding carboxylic acids is 1. The van der Waals surface area contributed by atoms with Gasteiger partial charge in [-0.3, -0.25) is 4.79 Å². The van der Waals surface area contributed by atoms with Crippen LogP contribution in [0.3, 0.4) is 0 Å². The molecule has 0 atom stereocenters. The summed E-state index contributed by atoms with van der Waals surface area (Å²) in [6, 6.07) is 13.8. The molecular formula is C19H17ClO3S2. The highest BCUT2D eigenvalue weighted by molar-refractivity contribution is 7.98. The van der Waals surface area contributed by atoms with Crippen LogP contribution in [0.2, 0.25) is 4.34 Å². The van der Waals surface area contributed by atoms with E-state index in [1.165, 1.54) is 16.2 Å². The van der Waals surface area contributed by atoms with Crippen molar-refractivity contribution in [3.63, 3.8) is 0 Å². The Morgan fingerprint density at radius 2 is 2.00 bits per heavy atom. The normalized spacial score (nSPS) is 10.8. The summed E-state index contributed by atoms with van der Waals surface area (Å²) in [6.07, 6.45) is 2.21. The summed E-state index contributed by atoms with van der Waals surface area (Å²) in [7, 11) is 0. The number of rotatable bonds is 6. The molecule has 0 amide bonds. The first kappa shape index (κ1) is 18.1. The summed E-state index contributed by atoms with van der Waals surface area (Å²) < 4.78 is 11.9. The lowest BCUT2D eigenvalue weighted by Gasteiger charge is -2.01. The standard InChI is InChI=1S/C19H17ClO3S2/c1-3-22-18(21)11-13-10-15(12-4-6-14(24-2)7-5-12)23-19(13)16-8-9-17(20)25-16/h4-10H,3,11H2,1-2H3. The molecule has 0 N–H and O–H groups in total. The molecule has 0 saturated carbocycles. The molecular weight excluding hydrogens is 376 g/mol. The summed E-state index contributed by atoms with van der Waals surface area (Å²) in [5, 5.41) is 0. The van der Waals surface area contributed by atoms with Crippen molar-refractivity contribution in [2.24, 2.45) is 0 Å². The summed E-state index contributed by atoms with van der Waals surface area (Å²) in [5.41, 5.74) is 1.78. The van der Waals surface area contributed by atoms with Crippen LogP contribution in [0.4, 0.5) is 0 Å². The second-order valence-corrected chi connectivity index (χ2v) is 7.87. The van der Waals surface area contributed by atoms with Crippen molar-refractivity contribution >= 4 is 40.7 Å². The van der Waals surface area contributed by atoms with Crippen LogP contribution in [0, 0.1) is 0 Å². The van der Waals surface area contributed by atoms with Gasteiger partial charge in [0.05, 0.1) is 22.2 Å². The molecule has 0 radical (unpaired) electrons. The number of ether oxygens (including phenoxy) is 1. The molecule has 2 aromatic heterocycles. The Balaban J connectivity index is 1.99. The van der Waals surface area contributed by atoms with Gasteiger partial charge in [-0.25, -0.2) is 0 Å². The zero-order valence-electron chi connectivity index (χ0n) is 13.9. The Bertz CT molecular complexity index is 865. The summed E-state index contributed by atoms with van der Waals surface area (Å²) in [4.78, 5) is 14.0. The molecule has 130 valence electrons. The predicted octanol–water partition coefficient (Wildman–Crippen LogP) is 6.16. The quantitative estimate of drug-likeness (QED) is 0.372.